The van der Waals surface area contributed by atoms with E-state index in [-0.39, 0.29) is 0 Å². The van der Waals surface area contributed by atoms with Gasteiger partial charge in [0, 0.05) is 11.1 Å². The van der Waals surface area contributed by atoms with Gasteiger partial charge in [-0.25, -0.2) is 0 Å². The number of H-pyrrole nitrogens is 1. The van der Waals surface area contributed by atoms with Crippen molar-refractivity contribution in [3.63, 3.8) is 0 Å². The molecule has 1 aromatic heterocycles. The minimum atomic E-state index is 0.494. The van der Waals surface area contributed by atoms with Crippen LogP contribution in [-0.4, -0.2) is 10.2 Å². The molecule has 2 aromatic rings. The third-order valence-corrected chi connectivity index (χ3v) is 3.10. The molecule has 0 fully saturated rings. The van der Waals surface area contributed by atoms with Gasteiger partial charge in [-0.1, -0.05) is 36.2 Å². The quantitative estimate of drug-likeness (QED) is 0.863. The molecule has 1 heterocycles. The first-order valence-corrected chi connectivity index (χ1v) is 5.67. The van der Waals surface area contributed by atoms with Crippen molar-refractivity contribution in [2.75, 3.05) is 5.73 Å². The molecule has 0 aliphatic heterocycles. The molecule has 3 N–H and O–H groups in total. The Morgan fingerprint density at radius 3 is 2.50 bits per heavy atom. The van der Waals surface area contributed by atoms with Gasteiger partial charge >= 0.3 is 0 Å². The van der Waals surface area contributed by atoms with E-state index in [9.17, 15) is 0 Å². The molecule has 0 unspecified atom stereocenters. The van der Waals surface area contributed by atoms with Crippen LogP contribution in [0.25, 0.3) is 11.3 Å². The molecule has 16 heavy (non-hydrogen) atoms. The fraction of sp³-hybridized carbons (Fsp3) is 0.182. The highest BCUT2D eigenvalue weighted by molar-refractivity contribution is 6.39. The van der Waals surface area contributed by atoms with Crippen LogP contribution in [0.5, 0.6) is 0 Å². The molecule has 2 rings (SSSR count). The average Bonchev–Trinajstić information content (AvgIpc) is 2.59. The standard InChI is InChI=1S/C11H11Cl2N3/c1-2-6-10(15-16-11(6)14)9-7(12)4-3-5-8(9)13/h3-5H,2H2,1H3,(H3,14,15,16). The Morgan fingerprint density at radius 1 is 1.31 bits per heavy atom. The molecule has 0 aliphatic rings. The van der Waals surface area contributed by atoms with Crippen molar-refractivity contribution in [1.82, 2.24) is 10.2 Å². The number of nitrogens with two attached hydrogens (primary N) is 1. The van der Waals surface area contributed by atoms with Crippen molar-refractivity contribution in [3.05, 3.63) is 33.8 Å². The summed E-state index contributed by atoms with van der Waals surface area (Å²) >= 11 is 12.3. The van der Waals surface area contributed by atoms with E-state index >= 15 is 0 Å². The number of hydrogen-bond donors (Lipinski definition) is 2. The molecule has 0 saturated carbocycles. The van der Waals surface area contributed by atoms with E-state index in [1.807, 2.05) is 6.92 Å². The molecule has 0 saturated heterocycles. The number of aromatic nitrogens is 2. The number of hydrogen-bond acceptors (Lipinski definition) is 2. The normalized spacial score (nSPS) is 10.7. The molecule has 0 aliphatic carbocycles. The summed E-state index contributed by atoms with van der Waals surface area (Å²) in [5.74, 6) is 0.494. The molecule has 0 atom stereocenters. The summed E-state index contributed by atoms with van der Waals surface area (Å²) < 4.78 is 0. The Bertz CT molecular complexity index is 500. The third kappa shape index (κ3) is 1.77. The number of nitrogens with one attached hydrogen (secondary N) is 1. The van der Waals surface area contributed by atoms with Crippen LogP contribution in [0, 0.1) is 0 Å². The maximum Gasteiger partial charge on any atom is 0.149 e. The molecule has 1 aromatic carbocycles. The van der Waals surface area contributed by atoms with E-state index in [0.29, 0.717) is 15.9 Å². The Labute approximate surface area is 104 Å². The topological polar surface area (TPSA) is 54.7 Å². The first-order valence-electron chi connectivity index (χ1n) is 4.92. The maximum atomic E-state index is 6.13. The second-order valence-corrected chi connectivity index (χ2v) is 4.23. The Hall–Kier alpha value is -1.19. The van der Waals surface area contributed by atoms with Gasteiger partial charge in [-0.2, -0.15) is 5.10 Å². The smallest absolute Gasteiger partial charge is 0.149 e. The predicted molar refractivity (Wildman–Crippen MR) is 67.8 cm³/mol. The monoisotopic (exact) mass is 255 g/mol. The van der Waals surface area contributed by atoms with E-state index in [2.05, 4.69) is 10.2 Å². The van der Waals surface area contributed by atoms with Crippen molar-refractivity contribution >= 4 is 29.0 Å². The van der Waals surface area contributed by atoms with Crippen molar-refractivity contribution in [2.45, 2.75) is 13.3 Å². The van der Waals surface area contributed by atoms with Crippen LogP contribution < -0.4 is 5.73 Å². The second-order valence-electron chi connectivity index (χ2n) is 3.41. The highest BCUT2D eigenvalue weighted by atomic mass is 35.5. The van der Waals surface area contributed by atoms with Gasteiger partial charge in [0.25, 0.3) is 0 Å². The number of benzene rings is 1. The van der Waals surface area contributed by atoms with Crippen LogP contribution in [0.4, 0.5) is 5.82 Å². The van der Waals surface area contributed by atoms with Crippen molar-refractivity contribution in [1.29, 1.82) is 0 Å². The zero-order valence-corrected chi connectivity index (χ0v) is 10.2. The molecular weight excluding hydrogens is 245 g/mol. The second kappa shape index (κ2) is 4.36. The van der Waals surface area contributed by atoms with Gasteiger partial charge in [-0.3, -0.25) is 5.10 Å². The van der Waals surface area contributed by atoms with Gasteiger partial charge in [0.2, 0.25) is 0 Å². The molecule has 5 heteroatoms. The molecule has 0 spiro atoms. The van der Waals surface area contributed by atoms with Crippen molar-refractivity contribution < 1.29 is 0 Å². The Kier molecular flexibility index (Phi) is 3.08. The van der Waals surface area contributed by atoms with Crippen LogP contribution in [0.15, 0.2) is 18.2 Å². The van der Waals surface area contributed by atoms with E-state index in [1.54, 1.807) is 18.2 Å². The zero-order chi connectivity index (χ0) is 11.7. The highest BCUT2D eigenvalue weighted by Crippen LogP contribution is 2.36. The molecule has 0 amide bonds. The SMILES string of the molecule is CCc1c(N)n[nH]c1-c1c(Cl)cccc1Cl. The summed E-state index contributed by atoms with van der Waals surface area (Å²) in [5.41, 5.74) is 8.26. The van der Waals surface area contributed by atoms with Crippen LogP contribution in [-0.2, 0) is 6.42 Å². The lowest BCUT2D eigenvalue weighted by molar-refractivity contribution is 1.10. The van der Waals surface area contributed by atoms with Gasteiger partial charge in [0.15, 0.2) is 0 Å². The lowest BCUT2D eigenvalue weighted by Crippen LogP contribution is -1.91. The number of nitrogens with zero attached hydrogens (tertiary/aromatic N) is 1. The molecule has 3 nitrogen and oxygen atoms in total. The maximum absolute atomic E-state index is 6.13. The van der Waals surface area contributed by atoms with Crippen LogP contribution in [0.1, 0.15) is 12.5 Å². The van der Waals surface area contributed by atoms with E-state index in [4.69, 9.17) is 28.9 Å². The summed E-state index contributed by atoms with van der Waals surface area (Å²) in [6.07, 6.45) is 0.777. The summed E-state index contributed by atoms with van der Waals surface area (Å²) in [4.78, 5) is 0. The number of nitrogen functional groups attached to an aromatic ring is 1. The number of aromatic amines is 1. The van der Waals surface area contributed by atoms with Gasteiger partial charge in [0.1, 0.15) is 5.82 Å². The lowest BCUT2D eigenvalue weighted by atomic mass is 10.1. The fourth-order valence-electron chi connectivity index (χ4n) is 1.68. The Balaban J connectivity index is 2.67. The summed E-state index contributed by atoms with van der Waals surface area (Å²) in [6.45, 7) is 2.01. The van der Waals surface area contributed by atoms with Crippen molar-refractivity contribution in [3.8, 4) is 11.3 Å². The average molecular weight is 256 g/mol. The predicted octanol–water partition coefficient (Wildman–Crippen LogP) is 3.53. The van der Waals surface area contributed by atoms with E-state index in [1.165, 1.54) is 0 Å². The first-order chi connectivity index (χ1) is 7.65. The summed E-state index contributed by atoms with van der Waals surface area (Å²) in [5, 5.41) is 8.04. The summed E-state index contributed by atoms with van der Waals surface area (Å²) in [7, 11) is 0. The Morgan fingerprint density at radius 2 is 1.94 bits per heavy atom. The molecular formula is C11H11Cl2N3. The van der Waals surface area contributed by atoms with Gasteiger partial charge in [-0.05, 0) is 18.6 Å². The number of anilines is 1. The molecule has 84 valence electrons. The van der Waals surface area contributed by atoms with Gasteiger partial charge < -0.3 is 5.73 Å². The van der Waals surface area contributed by atoms with Crippen LogP contribution in [0.2, 0.25) is 10.0 Å². The largest absolute Gasteiger partial charge is 0.382 e. The fourth-order valence-corrected chi connectivity index (χ4v) is 2.27. The third-order valence-electron chi connectivity index (χ3n) is 2.47. The summed E-state index contributed by atoms with van der Waals surface area (Å²) in [6, 6.07) is 5.39. The zero-order valence-electron chi connectivity index (χ0n) is 8.72. The van der Waals surface area contributed by atoms with Crippen LogP contribution in [0.3, 0.4) is 0 Å². The number of rotatable bonds is 2. The minimum Gasteiger partial charge on any atom is -0.382 e. The van der Waals surface area contributed by atoms with E-state index in [0.717, 1.165) is 23.2 Å². The lowest BCUT2D eigenvalue weighted by Gasteiger charge is -2.06. The van der Waals surface area contributed by atoms with Gasteiger partial charge in [0.05, 0.1) is 15.7 Å². The van der Waals surface area contributed by atoms with Crippen LogP contribution >= 0.6 is 23.2 Å². The molecule has 0 bridgehead atoms. The van der Waals surface area contributed by atoms with E-state index < -0.39 is 0 Å². The number of halogens is 2. The minimum absolute atomic E-state index is 0.494. The first kappa shape index (κ1) is 11.3. The molecule has 0 radical (unpaired) electrons. The van der Waals surface area contributed by atoms with Crippen molar-refractivity contribution in [2.24, 2.45) is 0 Å². The van der Waals surface area contributed by atoms with Gasteiger partial charge in [-0.15, -0.1) is 0 Å². The highest BCUT2D eigenvalue weighted by Gasteiger charge is 2.16.